The average Bonchev–Trinajstić information content (AvgIpc) is 2.67. The zero-order chi connectivity index (χ0) is 14.9. The molecule has 2 rings (SSSR count). The topological polar surface area (TPSA) is 55.7 Å². The summed E-state index contributed by atoms with van der Waals surface area (Å²) in [6.07, 6.45) is 1.54. The minimum absolute atomic E-state index is 0.183. The van der Waals surface area contributed by atoms with E-state index in [0.29, 0.717) is 21.3 Å². The van der Waals surface area contributed by atoms with Gasteiger partial charge in [-0.05, 0) is 30.7 Å². The van der Waals surface area contributed by atoms with Crippen molar-refractivity contribution in [2.24, 2.45) is 10.9 Å². The van der Waals surface area contributed by atoms with E-state index in [9.17, 15) is 9.59 Å². The lowest BCUT2D eigenvalue weighted by Gasteiger charge is -2.05. The zero-order valence-corrected chi connectivity index (χ0v) is 12.3. The van der Waals surface area contributed by atoms with E-state index in [1.165, 1.54) is 13.2 Å². The molecule has 104 valence electrons. The quantitative estimate of drug-likeness (QED) is 0.479. The summed E-state index contributed by atoms with van der Waals surface area (Å²) in [5.74, 6) is -1.96. The van der Waals surface area contributed by atoms with Gasteiger partial charge in [0.15, 0.2) is 5.92 Å². The van der Waals surface area contributed by atoms with Crippen LogP contribution in [0.25, 0.3) is 6.08 Å². The Hall–Kier alpha value is -1.65. The largest absolute Gasteiger partial charge is 0.468 e. The molecule has 1 aliphatic rings. The van der Waals surface area contributed by atoms with Crippen LogP contribution in [0.4, 0.5) is 0 Å². The van der Waals surface area contributed by atoms with Gasteiger partial charge in [-0.25, -0.2) is 0 Å². The van der Waals surface area contributed by atoms with Crippen LogP contribution in [-0.2, 0) is 14.3 Å². The summed E-state index contributed by atoms with van der Waals surface area (Å²) in [6.45, 7) is 1.61. The van der Waals surface area contributed by atoms with Crippen LogP contribution in [0.1, 0.15) is 12.5 Å². The van der Waals surface area contributed by atoms with E-state index in [4.69, 9.17) is 23.2 Å². The highest BCUT2D eigenvalue weighted by atomic mass is 35.5. The van der Waals surface area contributed by atoms with Crippen LogP contribution in [0.5, 0.6) is 0 Å². The Bertz CT molecular complexity index is 650. The number of carbonyl (C=O) groups is 2. The van der Waals surface area contributed by atoms with Gasteiger partial charge in [0.2, 0.25) is 5.78 Å². The summed E-state index contributed by atoms with van der Waals surface area (Å²) in [6, 6.07) is 4.91. The Morgan fingerprint density at radius 3 is 2.70 bits per heavy atom. The van der Waals surface area contributed by atoms with Crippen LogP contribution in [0.2, 0.25) is 10.0 Å². The molecule has 0 fully saturated rings. The molecule has 4 nitrogen and oxygen atoms in total. The maximum Gasteiger partial charge on any atom is 0.322 e. The molecule has 0 spiro atoms. The highest BCUT2D eigenvalue weighted by Gasteiger charge is 2.37. The third-order valence-corrected chi connectivity index (χ3v) is 3.48. The van der Waals surface area contributed by atoms with Crippen LogP contribution in [0, 0.1) is 5.92 Å². The van der Waals surface area contributed by atoms with Crippen molar-refractivity contribution in [3.05, 3.63) is 39.5 Å². The maximum absolute atomic E-state index is 12.1. The summed E-state index contributed by atoms with van der Waals surface area (Å²) in [5, 5.41) is 0.911. The van der Waals surface area contributed by atoms with Crippen molar-refractivity contribution in [2.75, 3.05) is 7.11 Å². The van der Waals surface area contributed by atoms with Crippen molar-refractivity contribution < 1.29 is 14.3 Å². The lowest BCUT2D eigenvalue weighted by atomic mass is 10.0. The second-order valence-electron chi connectivity index (χ2n) is 4.27. The Morgan fingerprint density at radius 1 is 1.40 bits per heavy atom. The first-order valence-electron chi connectivity index (χ1n) is 5.78. The molecule has 0 amide bonds. The molecular weight excluding hydrogens is 301 g/mol. The summed E-state index contributed by atoms with van der Waals surface area (Å²) in [7, 11) is 1.24. The molecule has 6 heteroatoms. The molecule has 1 aliphatic heterocycles. The van der Waals surface area contributed by atoms with Crippen molar-refractivity contribution in [1.82, 2.24) is 0 Å². The summed E-state index contributed by atoms with van der Waals surface area (Å²) >= 11 is 11.8. The van der Waals surface area contributed by atoms with E-state index in [1.54, 1.807) is 25.1 Å². The number of hydrogen-bond donors (Lipinski definition) is 0. The van der Waals surface area contributed by atoms with Crippen LogP contribution >= 0.6 is 23.2 Å². The number of allylic oxidation sites excluding steroid dienone is 1. The normalized spacial score (nSPS) is 20.2. The van der Waals surface area contributed by atoms with Gasteiger partial charge >= 0.3 is 5.97 Å². The number of ether oxygens (including phenoxy) is 1. The molecule has 0 N–H and O–H groups in total. The molecule has 0 aromatic heterocycles. The SMILES string of the molecule is COC(=O)C1C(=O)/C(=C\c2ccc(Cl)cc2Cl)N=C1C. The first-order valence-corrected chi connectivity index (χ1v) is 6.53. The van der Waals surface area contributed by atoms with E-state index < -0.39 is 11.9 Å². The van der Waals surface area contributed by atoms with Crippen molar-refractivity contribution in [3.8, 4) is 0 Å². The molecular formula is C14H11Cl2NO3. The van der Waals surface area contributed by atoms with Crippen molar-refractivity contribution >= 4 is 46.7 Å². The van der Waals surface area contributed by atoms with E-state index >= 15 is 0 Å². The molecule has 1 aromatic carbocycles. The first-order chi connectivity index (χ1) is 9.43. The number of esters is 1. The van der Waals surface area contributed by atoms with Gasteiger partial charge < -0.3 is 4.74 Å². The van der Waals surface area contributed by atoms with Gasteiger partial charge in [-0.3, -0.25) is 14.6 Å². The summed E-state index contributed by atoms with van der Waals surface area (Å²) in [5.41, 5.74) is 1.21. The second kappa shape index (κ2) is 5.77. The predicted molar refractivity (Wildman–Crippen MR) is 78.1 cm³/mol. The third kappa shape index (κ3) is 2.76. The second-order valence-corrected chi connectivity index (χ2v) is 5.11. The number of rotatable bonds is 2. The number of hydrogen-bond acceptors (Lipinski definition) is 4. The number of nitrogens with zero attached hydrogens (tertiary/aromatic N) is 1. The highest BCUT2D eigenvalue weighted by molar-refractivity contribution is 6.36. The van der Waals surface area contributed by atoms with Gasteiger partial charge in [0.1, 0.15) is 5.70 Å². The molecule has 1 aromatic rings. The van der Waals surface area contributed by atoms with Gasteiger partial charge in [-0.2, -0.15) is 0 Å². The Balaban J connectivity index is 2.37. The Labute approximate surface area is 126 Å². The molecule has 1 atom stereocenters. The van der Waals surface area contributed by atoms with Crippen molar-refractivity contribution in [3.63, 3.8) is 0 Å². The summed E-state index contributed by atoms with van der Waals surface area (Å²) in [4.78, 5) is 27.8. The number of benzene rings is 1. The van der Waals surface area contributed by atoms with Gasteiger partial charge in [0.25, 0.3) is 0 Å². The molecule has 1 heterocycles. The van der Waals surface area contributed by atoms with Crippen LogP contribution in [0.3, 0.4) is 0 Å². The Kier molecular flexibility index (Phi) is 4.26. The standard InChI is InChI=1S/C14H11Cl2NO3/c1-7-12(14(19)20-2)13(18)11(17-7)5-8-3-4-9(15)6-10(8)16/h3-6,12H,1-2H3/b11-5+. The number of aliphatic imine (C=N–C) groups is 1. The fourth-order valence-corrected chi connectivity index (χ4v) is 2.37. The fraction of sp³-hybridized carbons (Fsp3) is 0.214. The fourth-order valence-electron chi connectivity index (χ4n) is 1.91. The highest BCUT2D eigenvalue weighted by Crippen LogP contribution is 2.27. The van der Waals surface area contributed by atoms with Crippen LogP contribution in [-0.4, -0.2) is 24.6 Å². The molecule has 20 heavy (non-hydrogen) atoms. The average molecular weight is 312 g/mol. The van der Waals surface area contributed by atoms with Crippen LogP contribution < -0.4 is 0 Å². The number of carbonyl (C=O) groups excluding carboxylic acids is 2. The third-order valence-electron chi connectivity index (χ3n) is 2.92. The minimum Gasteiger partial charge on any atom is -0.468 e. The molecule has 0 bridgehead atoms. The number of methoxy groups -OCH3 is 1. The molecule has 0 radical (unpaired) electrons. The lowest BCUT2D eigenvalue weighted by molar-refractivity contribution is -0.145. The van der Waals surface area contributed by atoms with E-state index in [2.05, 4.69) is 9.73 Å². The van der Waals surface area contributed by atoms with Gasteiger partial charge in [0, 0.05) is 15.8 Å². The summed E-state index contributed by atoms with van der Waals surface area (Å²) < 4.78 is 4.60. The number of Topliss-reactive ketones (excluding diaryl/α,β-unsaturated/α-hetero) is 1. The van der Waals surface area contributed by atoms with E-state index in [1.807, 2.05) is 0 Å². The minimum atomic E-state index is -0.961. The monoisotopic (exact) mass is 311 g/mol. The Morgan fingerprint density at radius 2 is 2.10 bits per heavy atom. The molecule has 1 unspecified atom stereocenters. The smallest absolute Gasteiger partial charge is 0.322 e. The van der Waals surface area contributed by atoms with Gasteiger partial charge in [-0.1, -0.05) is 29.3 Å². The van der Waals surface area contributed by atoms with Crippen molar-refractivity contribution in [1.29, 1.82) is 0 Å². The van der Waals surface area contributed by atoms with Crippen molar-refractivity contribution in [2.45, 2.75) is 6.92 Å². The van der Waals surface area contributed by atoms with Crippen LogP contribution in [0.15, 0.2) is 28.9 Å². The van der Waals surface area contributed by atoms with Gasteiger partial charge in [0.05, 0.1) is 7.11 Å². The van der Waals surface area contributed by atoms with Gasteiger partial charge in [-0.15, -0.1) is 0 Å². The number of halogens is 2. The first kappa shape index (κ1) is 14.8. The lowest BCUT2D eigenvalue weighted by Crippen LogP contribution is -2.27. The predicted octanol–water partition coefficient (Wildman–Crippen LogP) is 3.17. The molecule has 0 aliphatic carbocycles. The molecule has 0 saturated carbocycles. The maximum atomic E-state index is 12.1. The van der Waals surface area contributed by atoms with E-state index in [0.717, 1.165) is 0 Å². The van der Waals surface area contributed by atoms with E-state index in [-0.39, 0.29) is 11.5 Å². The zero-order valence-electron chi connectivity index (χ0n) is 10.8. The molecule has 0 saturated heterocycles. The number of ketones is 1.